The van der Waals surface area contributed by atoms with Gasteiger partial charge in [-0.25, -0.2) is 0 Å². The molecule has 3 atom stereocenters. The van der Waals surface area contributed by atoms with Crippen LogP contribution in [0.2, 0.25) is 0 Å². The van der Waals surface area contributed by atoms with Crippen LogP contribution in [-0.4, -0.2) is 64.8 Å². The molecule has 5 rings (SSSR count). The summed E-state index contributed by atoms with van der Waals surface area (Å²) in [6, 6.07) is 5.58. The van der Waals surface area contributed by atoms with Gasteiger partial charge in [-0.1, -0.05) is 12.5 Å². The lowest BCUT2D eigenvalue weighted by atomic mass is 9.67. The summed E-state index contributed by atoms with van der Waals surface area (Å²) in [4.78, 5) is 56.7. The minimum absolute atomic E-state index is 0.0844. The number of ether oxygens (including phenoxy) is 1. The van der Waals surface area contributed by atoms with Gasteiger partial charge in [-0.15, -0.1) is 0 Å². The van der Waals surface area contributed by atoms with E-state index in [0.717, 1.165) is 30.2 Å². The van der Waals surface area contributed by atoms with Gasteiger partial charge < -0.3 is 31.0 Å². The van der Waals surface area contributed by atoms with E-state index < -0.39 is 29.8 Å². The van der Waals surface area contributed by atoms with Crippen molar-refractivity contribution in [2.45, 2.75) is 70.0 Å². The van der Waals surface area contributed by atoms with Gasteiger partial charge in [0.05, 0.1) is 7.11 Å². The van der Waals surface area contributed by atoms with E-state index in [-0.39, 0.29) is 29.2 Å². The molecule has 2 aliphatic heterocycles. The van der Waals surface area contributed by atoms with Gasteiger partial charge in [-0.05, 0) is 69.6 Å². The van der Waals surface area contributed by atoms with Crippen LogP contribution in [0.3, 0.4) is 0 Å². The van der Waals surface area contributed by atoms with E-state index in [2.05, 4.69) is 15.6 Å². The number of aromatic nitrogens is 1. The number of rotatable bonds is 7. The third-order valence-corrected chi connectivity index (χ3v) is 8.33. The summed E-state index contributed by atoms with van der Waals surface area (Å²) in [5, 5.41) is 6.49. The summed E-state index contributed by atoms with van der Waals surface area (Å²) < 4.78 is 5.42. The fraction of sp³-hybridized carbons (Fsp3) is 0.556. The SMILES string of the molecule is COc1cccc2[nH]c(C(=O)N3CC4(CCC4)CC3C(=O)N[C@@H](C[C@@H]3CC(C)(C)NC3=O)C(N)=O)cc12. The molecule has 1 spiro atoms. The van der Waals surface area contributed by atoms with Crippen LogP contribution in [0, 0.1) is 11.3 Å². The van der Waals surface area contributed by atoms with Crippen molar-refractivity contribution in [3.05, 3.63) is 30.0 Å². The van der Waals surface area contributed by atoms with Crippen molar-refractivity contribution >= 4 is 34.5 Å². The Morgan fingerprint density at radius 1 is 1.24 bits per heavy atom. The molecular formula is C27H35N5O5. The molecule has 0 bridgehead atoms. The zero-order chi connectivity index (χ0) is 26.5. The highest BCUT2D eigenvalue weighted by Gasteiger charge is 2.52. The lowest BCUT2D eigenvalue weighted by Gasteiger charge is -2.37. The van der Waals surface area contributed by atoms with Crippen molar-refractivity contribution in [1.82, 2.24) is 20.5 Å². The van der Waals surface area contributed by atoms with E-state index in [1.807, 2.05) is 32.0 Å². The highest BCUT2D eigenvalue weighted by molar-refractivity contribution is 6.02. The fourth-order valence-corrected chi connectivity index (χ4v) is 6.30. The van der Waals surface area contributed by atoms with Crippen LogP contribution in [-0.2, 0) is 14.4 Å². The standard InChI is InChI=1S/C27H35N5O5/c1-26(2)12-15(23(34)31-26)10-18(22(28)33)30-24(35)20-13-27(8-5-9-27)14-32(20)25(36)19-11-16-17(29-19)6-4-7-21(16)37-3/h4,6-7,11,15,18,20,29H,5,8-10,12-14H2,1-3H3,(H2,28,33)(H,30,35)(H,31,34)/t15-,18+,20?/m1/s1. The predicted molar refractivity (Wildman–Crippen MR) is 137 cm³/mol. The number of methoxy groups -OCH3 is 1. The van der Waals surface area contributed by atoms with Crippen molar-refractivity contribution in [3.63, 3.8) is 0 Å². The second kappa shape index (κ2) is 9.08. The zero-order valence-corrected chi connectivity index (χ0v) is 21.6. The number of carbonyl (C=O) groups excluding carboxylic acids is 4. The third kappa shape index (κ3) is 4.65. The predicted octanol–water partition coefficient (Wildman–Crippen LogP) is 1.84. The lowest BCUT2D eigenvalue weighted by Crippen LogP contribution is -2.53. The average molecular weight is 510 g/mol. The van der Waals surface area contributed by atoms with E-state index in [0.29, 0.717) is 30.8 Å². The van der Waals surface area contributed by atoms with Crippen LogP contribution < -0.4 is 21.1 Å². The van der Waals surface area contributed by atoms with Gasteiger partial charge in [0.25, 0.3) is 5.91 Å². The van der Waals surface area contributed by atoms with Crippen molar-refractivity contribution in [1.29, 1.82) is 0 Å². The normalized spacial score (nSPS) is 24.5. The molecule has 3 aliphatic rings. The minimum atomic E-state index is -0.996. The summed E-state index contributed by atoms with van der Waals surface area (Å²) in [7, 11) is 1.58. The molecule has 1 unspecified atom stereocenters. The van der Waals surface area contributed by atoms with Gasteiger partial charge in [0.15, 0.2) is 0 Å². The maximum Gasteiger partial charge on any atom is 0.271 e. The van der Waals surface area contributed by atoms with Gasteiger partial charge >= 0.3 is 0 Å². The summed E-state index contributed by atoms with van der Waals surface area (Å²) in [6.07, 6.45) is 4.19. The molecule has 1 aromatic heterocycles. The summed E-state index contributed by atoms with van der Waals surface area (Å²) in [5.41, 5.74) is 6.33. The summed E-state index contributed by atoms with van der Waals surface area (Å²) >= 11 is 0. The number of nitrogens with zero attached hydrogens (tertiary/aromatic N) is 1. The summed E-state index contributed by atoms with van der Waals surface area (Å²) in [6.45, 7) is 4.32. The Labute approximate surface area is 215 Å². The van der Waals surface area contributed by atoms with E-state index in [1.54, 1.807) is 18.1 Å². The molecule has 1 aliphatic carbocycles. The number of likely N-dealkylation sites (tertiary alicyclic amines) is 1. The number of amides is 4. The first kappa shape index (κ1) is 25.1. The van der Waals surface area contributed by atoms with E-state index in [1.165, 1.54) is 0 Å². The number of nitrogens with one attached hydrogen (secondary N) is 3. The highest BCUT2D eigenvalue weighted by atomic mass is 16.5. The smallest absolute Gasteiger partial charge is 0.271 e. The maximum atomic E-state index is 13.7. The molecule has 3 fully saturated rings. The summed E-state index contributed by atoms with van der Waals surface area (Å²) in [5.74, 6) is -1.29. The molecule has 0 radical (unpaired) electrons. The number of aromatic amines is 1. The number of benzene rings is 1. The highest BCUT2D eigenvalue weighted by Crippen LogP contribution is 2.50. The van der Waals surface area contributed by atoms with Crippen LogP contribution in [0.25, 0.3) is 10.9 Å². The largest absolute Gasteiger partial charge is 0.496 e. The Kier molecular flexibility index (Phi) is 6.16. The van der Waals surface area contributed by atoms with Crippen molar-refractivity contribution in [2.75, 3.05) is 13.7 Å². The van der Waals surface area contributed by atoms with Crippen LogP contribution in [0.4, 0.5) is 0 Å². The van der Waals surface area contributed by atoms with E-state index in [9.17, 15) is 19.2 Å². The van der Waals surface area contributed by atoms with Gasteiger partial charge in [0, 0.05) is 28.9 Å². The Bertz CT molecular complexity index is 1260. The van der Waals surface area contributed by atoms with Gasteiger partial charge in [0.1, 0.15) is 23.5 Å². The number of carbonyl (C=O) groups is 4. The quantitative estimate of drug-likeness (QED) is 0.450. The number of nitrogens with two attached hydrogens (primary N) is 1. The van der Waals surface area contributed by atoms with E-state index in [4.69, 9.17) is 10.5 Å². The monoisotopic (exact) mass is 509 g/mol. The first-order chi connectivity index (χ1) is 17.5. The maximum absolute atomic E-state index is 13.7. The molecule has 5 N–H and O–H groups in total. The van der Waals surface area contributed by atoms with Crippen molar-refractivity contribution in [3.8, 4) is 5.75 Å². The topological polar surface area (TPSA) is 147 Å². The second-order valence-electron chi connectivity index (χ2n) is 11.6. The molecule has 2 aromatic rings. The van der Waals surface area contributed by atoms with Gasteiger partial charge in [0.2, 0.25) is 17.7 Å². The second-order valence-corrected chi connectivity index (χ2v) is 11.6. The Hall–Kier alpha value is -3.56. The molecule has 3 heterocycles. The van der Waals surface area contributed by atoms with Crippen molar-refractivity contribution < 1.29 is 23.9 Å². The molecule has 10 heteroatoms. The number of hydrogen-bond acceptors (Lipinski definition) is 5. The Morgan fingerprint density at radius 3 is 2.59 bits per heavy atom. The number of fused-ring (bicyclic) bond motifs is 1. The molecule has 2 saturated heterocycles. The fourth-order valence-electron chi connectivity index (χ4n) is 6.30. The Balaban J connectivity index is 1.36. The van der Waals surface area contributed by atoms with Crippen LogP contribution in [0.5, 0.6) is 5.75 Å². The Morgan fingerprint density at radius 2 is 2.00 bits per heavy atom. The average Bonchev–Trinajstić information content (AvgIpc) is 3.50. The third-order valence-electron chi connectivity index (χ3n) is 8.33. The van der Waals surface area contributed by atoms with Crippen LogP contribution in [0.15, 0.2) is 24.3 Å². The van der Waals surface area contributed by atoms with Crippen molar-refractivity contribution in [2.24, 2.45) is 17.1 Å². The minimum Gasteiger partial charge on any atom is -0.496 e. The lowest BCUT2D eigenvalue weighted by molar-refractivity contribution is -0.131. The molecular weight excluding hydrogens is 474 g/mol. The first-order valence-electron chi connectivity index (χ1n) is 12.9. The molecule has 10 nitrogen and oxygen atoms in total. The first-order valence-corrected chi connectivity index (χ1v) is 12.9. The number of primary amides is 1. The number of hydrogen-bond donors (Lipinski definition) is 4. The van der Waals surface area contributed by atoms with Gasteiger partial charge in [-0.2, -0.15) is 0 Å². The van der Waals surface area contributed by atoms with Crippen LogP contribution >= 0.6 is 0 Å². The number of H-pyrrole nitrogens is 1. The van der Waals surface area contributed by atoms with Crippen LogP contribution in [0.1, 0.15) is 62.9 Å². The van der Waals surface area contributed by atoms with Gasteiger partial charge in [-0.3, -0.25) is 19.2 Å². The molecule has 1 saturated carbocycles. The molecule has 198 valence electrons. The van der Waals surface area contributed by atoms with E-state index >= 15 is 0 Å². The molecule has 1 aromatic carbocycles. The zero-order valence-electron chi connectivity index (χ0n) is 21.6. The molecule has 37 heavy (non-hydrogen) atoms. The molecule has 4 amide bonds.